The first-order valence-electron chi connectivity index (χ1n) is 10.1. The van der Waals surface area contributed by atoms with Gasteiger partial charge in [0.1, 0.15) is 17.1 Å². The van der Waals surface area contributed by atoms with E-state index < -0.39 is 11.7 Å². The zero-order valence-electron chi connectivity index (χ0n) is 16.9. The maximum Gasteiger partial charge on any atom is 0.258 e. The summed E-state index contributed by atoms with van der Waals surface area (Å²) in [6.45, 7) is 3.30. The van der Waals surface area contributed by atoms with Gasteiger partial charge >= 0.3 is 0 Å². The Balaban J connectivity index is 1.42. The van der Waals surface area contributed by atoms with Crippen LogP contribution in [0.2, 0.25) is 0 Å². The summed E-state index contributed by atoms with van der Waals surface area (Å²) in [6, 6.07) is 4.29. The molecule has 0 saturated carbocycles. The number of nitrogens with zero attached hydrogens (tertiary/aromatic N) is 3. The van der Waals surface area contributed by atoms with Crippen molar-refractivity contribution in [3.63, 3.8) is 0 Å². The number of carbonyl (C=O) groups is 2. The summed E-state index contributed by atoms with van der Waals surface area (Å²) in [4.78, 5) is 27.2. The molecule has 0 spiro atoms. The molecule has 1 aromatic heterocycles. The normalized spacial score (nSPS) is 18.6. The van der Waals surface area contributed by atoms with Gasteiger partial charge in [0.2, 0.25) is 0 Å². The number of ether oxygens (including phenoxy) is 2. The largest absolute Gasteiger partial charge is 0.496 e. The molecule has 3 heterocycles. The van der Waals surface area contributed by atoms with E-state index in [1.165, 1.54) is 19.2 Å². The minimum atomic E-state index is -0.619. The van der Waals surface area contributed by atoms with E-state index in [1.807, 2.05) is 4.68 Å². The number of halogens is 1. The first kappa shape index (κ1) is 20.3. The molecule has 1 fully saturated rings. The fraction of sp³-hybridized carbons (Fsp3) is 0.476. The number of carbonyl (C=O) groups excluding carboxylic acids is 2. The Morgan fingerprint density at radius 2 is 2.10 bits per heavy atom. The number of rotatable bonds is 5. The molecule has 0 radical (unpaired) electrons. The molecule has 9 heteroatoms. The molecule has 0 unspecified atom stereocenters. The van der Waals surface area contributed by atoms with Crippen LogP contribution in [0.1, 0.15) is 32.8 Å². The second kappa shape index (κ2) is 8.83. The molecular formula is C21H25FN4O4. The molecule has 8 nitrogen and oxygen atoms in total. The number of aromatic nitrogens is 2. The van der Waals surface area contributed by atoms with Crippen LogP contribution in [0.25, 0.3) is 0 Å². The van der Waals surface area contributed by atoms with Crippen molar-refractivity contribution in [3.8, 4) is 5.75 Å². The molecule has 4 rings (SSSR count). The predicted octanol–water partition coefficient (Wildman–Crippen LogP) is 1.50. The summed E-state index contributed by atoms with van der Waals surface area (Å²) in [5.74, 6) is -0.819. The molecule has 1 atom stereocenters. The van der Waals surface area contributed by atoms with Gasteiger partial charge in [-0.15, -0.1) is 0 Å². The van der Waals surface area contributed by atoms with Crippen LogP contribution in [0.15, 0.2) is 24.4 Å². The van der Waals surface area contributed by atoms with E-state index in [0.717, 1.165) is 12.1 Å². The lowest BCUT2D eigenvalue weighted by Crippen LogP contribution is -2.41. The average Bonchev–Trinajstić information content (AvgIpc) is 3.20. The molecule has 2 aliphatic rings. The Bertz CT molecular complexity index is 939. The lowest BCUT2D eigenvalue weighted by molar-refractivity contribution is 0.0301. The van der Waals surface area contributed by atoms with Gasteiger partial charge in [0.05, 0.1) is 37.8 Å². The summed E-state index contributed by atoms with van der Waals surface area (Å²) in [5, 5.41) is 7.19. The quantitative estimate of drug-likeness (QED) is 0.798. The summed E-state index contributed by atoms with van der Waals surface area (Å²) < 4.78 is 26.4. The summed E-state index contributed by atoms with van der Waals surface area (Å²) in [6.07, 6.45) is 3.08. The Kier molecular flexibility index (Phi) is 5.98. The first-order valence-corrected chi connectivity index (χ1v) is 10.1. The number of hydrogen-bond donors (Lipinski definition) is 1. The lowest BCUT2D eigenvalue weighted by Gasteiger charge is -2.28. The number of amides is 2. The molecular weight excluding hydrogens is 391 g/mol. The fourth-order valence-corrected chi connectivity index (χ4v) is 4.01. The lowest BCUT2D eigenvalue weighted by atomic mass is 9.94. The highest BCUT2D eigenvalue weighted by Gasteiger charge is 2.29. The van der Waals surface area contributed by atoms with Gasteiger partial charge in [-0.2, -0.15) is 5.10 Å². The van der Waals surface area contributed by atoms with Crippen molar-refractivity contribution in [3.05, 3.63) is 47.0 Å². The highest BCUT2D eigenvalue weighted by molar-refractivity contribution is 5.97. The van der Waals surface area contributed by atoms with Gasteiger partial charge in [-0.25, -0.2) is 4.39 Å². The van der Waals surface area contributed by atoms with Crippen LogP contribution in [0.5, 0.6) is 5.75 Å². The molecule has 2 aromatic rings. The van der Waals surface area contributed by atoms with Crippen molar-refractivity contribution in [2.75, 3.05) is 40.0 Å². The van der Waals surface area contributed by atoms with Gasteiger partial charge < -0.3 is 19.7 Å². The molecule has 1 aromatic carbocycles. The van der Waals surface area contributed by atoms with Crippen LogP contribution in [0.3, 0.4) is 0 Å². The summed E-state index contributed by atoms with van der Waals surface area (Å²) in [5.41, 5.74) is 1.41. The molecule has 2 amide bonds. The smallest absolute Gasteiger partial charge is 0.258 e. The standard InChI is InChI=1S/C21H25FN4O4/c1-29-18-4-2-3-16(22)19(18)20(27)23-12-14-5-6-26-17(11-14)15(13-24-26)21(28)25-7-9-30-10-8-25/h2-4,13-14H,5-12H2,1H3,(H,23,27)/t14-/m1/s1. The third-order valence-corrected chi connectivity index (χ3v) is 5.68. The van der Waals surface area contributed by atoms with E-state index in [2.05, 4.69) is 10.4 Å². The monoisotopic (exact) mass is 416 g/mol. The molecule has 1 N–H and O–H groups in total. The van der Waals surface area contributed by atoms with Crippen molar-refractivity contribution in [2.45, 2.75) is 19.4 Å². The van der Waals surface area contributed by atoms with Crippen molar-refractivity contribution in [1.29, 1.82) is 0 Å². The minimum Gasteiger partial charge on any atom is -0.496 e. The Labute approximate surface area is 173 Å². The van der Waals surface area contributed by atoms with E-state index in [0.29, 0.717) is 51.4 Å². The van der Waals surface area contributed by atoms with E-state index in [-0.39, 0.29) is 23.1 Å². The molecule has 160 valence electrons. The van der Waals surface area contributed by atoms with E-state index >= 15 is 0 Å². The van der Waals surface area contributed by atoms with Crippen LogP contribution in [-0.2, 0) is 17.7 Å². The number of nitrogens with one attached hydrogen (secondary N) is 1. The SMILES string of the molecule is COc1cccc(F)c1C(=O)NC[C@@H]1CCn2ncc(C(=O)N3CCOCC3)c2C1. The Hall–Kier alpha value is -2.94. The van der Waals surface area contributed by atoms with Crippen LogP contribution in [0.4, 0.5) is 4.39 Å². The second-order valence-electron chi connectivity index (χ2n) is 7.52. The molecule has 1 saturated heterocycles. The summed E-state index contributed by atoms with van der Waals surface area (Å²) in [7, 11) is 1.40. The number of morpholine rings is 1. The number of hydrogen-bond acceptors (Lipinski definition) is 5. The van der Waals surface area contributed by atoms with Gasteiger partial charge in [-0.05, 0) is 30.9 Å². The van der Waals surface area contributed by atoms with Crippen LogP contribution < -0.4 is 10.1 Å². The van der Waals surface area contributed by atoms with Crippen LogP contribution in [0, 0.1) is 11.7 Å². The fourth-order valence-electron chi connectivity index (χ4n) is 4.01. The van der Waals surface area contributed by atoms with Gasteiger partial charge in [0, 0.05) is 26.2 Å². The van der Waals surface area contributed by atoms with Crippen molar-refractivity contribution >= 4 is 11.8 Å². The maximum atomic E-state index is 14.1. The number of benzene rings is 1. The average molecular weight is 416 g/mol. The van der Waals surface area contributed by atoms with Crippen LogP contribution in [-0.4, -0.2) is 66.5 Å². The topological polar surface area (TPSA) is 85.7 Å². The Morgan fingerprint density at radius 1 is 1.30 bits per heavy atom. The number of aryl methyl sites for hydroxylation is 1. The highest BCUT2D eigenvalue weighted by atomic mass is 19.1. The predicted molar refractivity (Wildman–Crippen MR) is 106 cm³/mol. The molecule has 2 aliphatic heterocycles. The molecule has 30 heavy (non-hydrogen) atoms. The third kappa shape index (κ3) is 4.02. The van der Waals surface area contributed by atoms with Gasteiger partial charge in [0.15, 0.2) is 0 Å². The third-order valence-electron chi connectivity index (χ3n) is 5.68. The number of fused-ring (bicyclic) bond motifs is 1. The van der Waals surface area contributed by atoms with E-state index in [1.54, 1.807) is 17.2 Å². The van der Waals surface area contributed by atoms with Crippen molar-refractivity contribution in [2.24, 2.45) is 5.92 Å². The van der Waals surface area contributed by atoms with Crippen molar-refractivity contribution < 1.29 is 23.5 Å². The van der Waals surface area contributed by atoms with Crippen LogP contribution >= 0.6 is 0 Å². The van der Waals surface area contributed by atoms with Gasteiger partial charge in [-0.3, -0.25) is 14.3 Å². The van der Waals surface area contributed by atoms with E-state index in [4.69, 9.17) is 9.47 Å². The van der Waals surface area contributed by atoms with Crippen molar-refractivity contribution in [1.82, 2.24) is 20.0 Å². The number of methoxy groups -OCH3 is 1. The zero-order valence-corrected chi connectivity index (χ0v) is 16.9. The zero-order chi connectivity index (χ0) is 21.1. The first-order chi connectivity index (χ1) is 14.6. The summed E-state index contributed by atoms with van der Waals surface area (Å²) >= 11 is 0. The Morgan fingerprint density at radius 3 is 2.87 bits per heavy atom. The van der Waals surface area contributed by atoms with E-state index in [9.17, 15) is 14.0 Å². The molecule has 0 aliphatic carbocycles. The highest BCUT2D eigenvalue weighted by Crippen LogP contribution is 2.25. The second-order valence-corrected chi connectivity index (χ2v) is 7.52. The molecule has 0 bridgehead atoms. The maximum absolute atomic E-state index is 14.1. The van der Waals surface area contributed by atoms with Gasteiger partial charge in [0.25, 0.3) is 11.8 Å². The van der Waals surface area contributed by atoms with Gasteiger partial charge in [-0.1, -0.05) is 6.07 Å². The minimum absolute atomic E-state index is 0.0275.